The molecule has 6 heteroatoms. The summed E-state index contributed by atoms with van der Waals surface area (Å²) >= 11 is 0. The van der Waals surface area contributed by atoms with Crippen molar-refractivity contribution in [3.63, 3.8) is 0 Å². The Morgan fingerprint density at radius 1 is 1.11 bits per heavy atom. The fourth-order valence-electron chi connectivity index (χ4n) is 3.25. The monoisotopic (exact) mass is 363 g/mol. The van der Waals surface area contributed by atoms with Gasteiger partial charge in [0.1, 0.15) is 12.3 Å². The van der Waals surface area contributed by atoms with E-state index in [1.165, 1.54) is 0 Å². The molecule has 1 N–H and O–H groups in total. The Hall–Kier alpha value is -3.12. The van der Waals surface area contributed by atoms with Gasteiger partial charge >= 0.3 is 0 Å². The van der Waals surface area contributed by atoms with Crippen LogP contribution in [-0.4, -0.2) is 53.0 Å². The number of ether oxygens (including phenoxy) is 1. The number of hydrogen-bond acceptors (Lipinski definition) is 4. The maximum Gasteiger partial charge on any atom is 0.242 e. The average molecular weight is 363 g/mol. The number of hydrogen-bond donors (Lipinski definition) is 1. The third-order valence-electron chi connectivity index (χ3n) is 4.69. The number of nitrogens with zero attached hydrogens (tertiary/aromatic N) is 3. The van der Waals surface area contributed by atoms with E-state index in [1.54, 1.807) is 30.5 Å². The molecule has 4 rings (SSSR count). The van der Waals surface area contributed by atoms with Crippen molar-refractivity contribution in [1.82, 2.24) is 9.47 Å². The lowest BCUT2D eigenvalue weighted by atomic mass is 10.2. The van der Waals surface area contributed by atoms with Crippen LogP contribution in [0.25, 0.3) is 10.9 Å². The summed E-state index contributed by atoms with van der Waals surface area (Å²) in [5, 5.41) is 10.4. The van der Waals surface area contributed by atoms with Gasteiger partial charge in [0, 0.05) is 42.0 Å². The number of aromatic nitrogens is 1. The van der Waals surface area contributed by atoms with Crippen molar-refractivity contribution < 1.29 is 14.6 Å². The zero-order chi connectivity index (χ0) is 18.6. The van der Waals surface area contributed by atoms with Gasteiger partial charge in [-0.1, -0.05) is 18.2 Å². The van der Waals surface area contributed by atoms with E-state index < -0.39 is 0 Å². The minimum Gasteiger partial charge on any atom is -0.508 e. The van der Waals surface area contributed by atoms with E-state index in [4.69, 9.17) is 4.74 Å². The number of carbonyl (C=O) groups is 1. The number of rotatable bonds is 4. The fraction of sp³-hybridized carbons (Fsp3) is 0.238. The van der Waals surface area contributed by atoms with Crippen LogP contribution in [0.4, 0.5) is 5.69 Å². The number of amides is 1. The lowest BCUT2D eigenvalue weighted by Crippen LogP contribution is -2.42. The van der Waals surface area contributed by atoms with E-state index in [0.717, 1.165) is 22.2 Å². The highest BCUT2D eigenvalue weighted by molar-refractivity contribution is 6.00. The van der Waals surface area contributed by atoms with Gasteiger partial charge in [0.05, 0.1) is 18.9 Å². The summed E-state index contributed by atoms with van der Waals surface area (Å²) in [6.07, 6.45) is 3.76. The smallest absolute Gasteiger partial charge is 0.242 e. The SMILES string of the molecule is O=C(Cn1cc(C=Nc2ccc(O)cc2)c2ccccc21)N1CCOCC1. The standard InChI is InChI=1S/C21H21N3O3/c25-18-7-5-17(6-8-18)22-13-16-14-24(20-4-2-1-3-19(16)20)15-21(26)23-9-11-27-12-10-23/h1-8,13-14,25H,9-12,15H2. The first kappa shape index (κ1) is 17.3. The highest BCUT2D eigenvalue weighted by atomic mass is 16.5. The molecule has 0 radical (unpaired) electrons. The molecule has 1 saturated heterocycles. The van der Waals surface area contributed by atoms with Crippen molar-refractivity contribution in [2.75, 3.05) is 26.3 Å². The third-order valence-corrected chi connectivity index (χ3v) is 4.69. The molecule has 0 atom stereocenters. The second kappa shape index (κ2) is 7.63. The van der Waals surface area contributed by atoms with E-state index in [-0.39, 0.29) is 11.7 Å². The number of aromatic hydroxyl groups is 1. The highest BCUT2D eigenvalue weighted by Gasteiger charge is 2.18. The molecule has 2 aromatic carbocycles. The predicted octanol–water partition coefficient (Wildman–Crippen LogP) is 2.96. The van der Waals surface area contributed by atoms with E-state index >= 15 is 0 Å². The normalized spacial score (nSPS) is 14.9. The molecule has 1 aliphatic rings. The van der Waals surface area contributed by atoms with Gasteiger partial charge in [-0.3, -0.25) is 9.79 Å². The molecule has 2 heterocycles. The Bertz CT molecular complexity index is 970. The van der Waals surface area contributed by atoms with Gasteiger partial charge < -0.3 is 19.3 Å². The second-order valence-electron chi connectivity index (χ2n) is 6.50. The molecule has 3 aromatic rings. The summed E-state index contributed by atoms with van der Waals surface area (Å²) in [6, 6.07) is 14.7. The lowest BCUT2D eigenvalue weighted by Gasteiger charge is -2.27. The maximum absolute atomic E-state index is 12.6. The van der Waals surface area contributed by atoms with Crippen LogP contribution in [0.1, 0.15) is 5.56 Å². The Balaban J connectivity index is 1.60. The Morgan fingerprint density at radius 3 is 2.63 bits per heavy atom. The maximum atomic E-state index is 12.6. The first-order chi connectivity index (χ1) is 13.2. The predicted molar refractivity (Wildman–Crippen MR) is 105 cm³/mol. The highest BCUT2D eigenvalue weighted by Crippen LogP contribution is 2.22. The van der Waals surface area contributed by atoms with Gasteiger partial charge in [-0.25, -0.2) is 0 Å². The van der Waals surface area contributed by atoms with Gasteiger partial charge in [-0.05, 0) is 30.3 Å². The molecule has 1 fully saturated rings. The molecular formula is C21H21N3O3. The van der Waals surface area contributed by atoms with Gasteiger partial charge in [0.25, 0.3) is 0 Å². The van der Waals surface area contributed by atoms with Crippen LogP contribution >= 0.6 is 0 Å². The van der Waals surface area contributed by atoms with Crippen LogP contribution in [0.15, 0.2) is 59.7 Å². The number of morpholine rings is 1. The summed E-state index contributed by atoms with van der Waals surface area (Å²) in [7, 11) is 0. The largest absolute Gasteiger partial charge is 0.508 e. The van der Waals surface area contributed by atoms with Crippen molar-refractivity contribution >= 4 is 28.7 Å². The first-order valence-electron chi connectivity index (χ1n) is 8.97. The molecule has 138 valence electrons. The van der Waals surface area contributed by atoms with Crippen molar-refractivity contribution in [3.05, 3.63) is 60.3 Å². The van der Waals surface area contributed by atoms with E-state index in [2.05, 4.69) is 4.99 Å². The van der Waals surface area contributed by atoms with Crippen molar-refractivity contribution in [2.45, 2.75) is 6.54 Å². The summed E-state index contributed by atoms with van der Waals surface area (Å²) in [5.41, 5.74) is 2.72. The van der Waals surface area contributed by atoms with Crippen molar-refractivity contribution in [2.24, 2.45) is 4.99 Å². The number of phenols is 1. The number of aliphatic imine (C=N–C) groups is 1. The molecule has 0 aliphatic carbocycles. The van der Waals surface area contributed by atoms with Gasteiger partial charge in [0.15, 0.2) is 0 Å². The molecule has 1 amide bonds. The zero-order valence-electron chi connectivity index (χ0n) is 14.9. The fourth-order valence-corrected chi connectivity index (χ4v) is 3.25. The molecule has 0 spiro atoms. The molecule has 1 aromatic heterocycles. The zero-order valence-corrected chi connectivity index (χ0v) is 14.9. The Kier molecular flexibility index (Phi) is 4.89. The van der Waals surface area contributed by atoms with Crippen LogP contribution in [-0.2, 0) is 16.1 Å². The Labute approximate surface area is 157 Å². The molecule has 0 unspecified atom stereocenters. The second-order valence-corrected chi connectivity index (χ2v) is 6.50. The van der Waals surface area contributed by atoms with E-state index in [0.29, 0.717) is 32.8 Å². The Morgan fingerprint density at radius 2 is 1.85 bits per heavy atom. The number of carbonyl (C=O) groups excluding carboxylic acids is 1. The van der Waals surface area contributed by atoms with Crippen LogP contribution in [0, 0.1) is 0 Å². The number of benzene rings is 2. The summed E-state index contributed by atoms with van der Waals surface area (Å²) < 4.78 is 7.30. The van der Waals surface area contributed by atoms with Crippen molar-refractivity contribution in [3.8, 4) is 5.75 Å². The number of phenolic OH excluding ortho intramolecular Hbond substituents is 1. The molecule has 0 saturated carbocycles. The van der Waals surface area contributed by atoms with Crippen molar-refractivity contribution in [1.29, 1.82) is 0 Å². The van der Waals surface area contributed by atoms with E-state index in [1.807, 2.05) is 39.9 Å². The summed E-state index contributed by atoms with van der Waals surface area (Å²) in [4.78, 5) is 19.0. The third kappa shape index (κ3) is 3.85. The van der Waals surface area contributed by atoms with Gasteiger partial charge in [-0.15, -0.1) is 0 Å². The topological polar surface area (TPSA) is 67.1 Å². The molecule has 6 nitrogen and oxygen atoms in total. The average Bonchev–Trinajstić information content (AvgIpc) is 3.06. The first-order valence-corrected chi connectivity index (χ1v) is 8.97. The lowest BCUT2D eigenvalue weighted by molar-refractivity contribution is -0.135. The van der Waals surface area contributed by atoms with Crippen LogP contribution in [0.3, 0.4) is 0 Å². The molecular weight excluding hydrogens is 342 g/mol. The minimum atomic E-state index is 0.0982. The van der Waals surface area contributed by atoms with Crippen LogP contribution < -0.4 is 0 Å². The number of fused-ring (bicyclic) bond motifs is 1. The number of para-hydroxylation sites is 1. The van der Waals surface area contributed by atoms with Crippen LogP contribution in [0.2, 0.25) is 0 Å². The molecule has 0 bridgehead atoms. The minimum absolute atomic E-state index is 0.0982. The van der Waals surface area contributed by atoms with E-state index in [9.17, 15) is 9.90 Å². The molecule has 27 heavy (non-hydrogen) atoms. The summed E-state index contributed by atoms with van der Waals surface area (Å²) in [5.74, 6) is 0.313. The summed E-state index contributed by atoms with van der Waals surface area (Å²) in [6.45, 7) is 2.79. The van der Waals surface area contributed by atoms with Gasteiger partial charge in [0.2, 0.25) is 5.91 Å². The van der Waals surface area contributed by atoms with Gasteiger partial charge in [-0.2, -0.15) is 0 Å². The quantitative estimate of drug-likeness (QED) is 0.725. The van der Waals surface area contributed by atoms with Crippen LogP contribution in [0.5, 0.6) is 5.75 Å². The molecule has 1 aliphatic heterocycles.